The van der Waals surface area contributed by atoms with Crippen molar-refractivity contribution >= 4 is 5.82 Å². The van der Waals surface area contributed by atoms with Crippen molar-refractivity contribution in [3.05, 3.63) is 12.3 Å². The number of hydrogen-bond donors (Lipinski definition) is 1. The molecule has 74 valence electrons. The molecular formula is C9H16FN3. The summed E-state index contributed by atoms with van der Waals surface area (Å²) in [6.45, 7) is 6.12. The molecule has 0 bridgehead atoms. The molecule has 0 unspecified atom stereocenters. The molecule has 0 aromatic carbocycles. The summed E-state index contributed by atoms with van der Waals surface area (Å²) in [7, 11) is 0. The van der Waals surface area contributed by atoms with Crippen LogP contribution in [-0.2, 0) is 6.54 Å². The van der Waals surface area contributed by atoms with Gasteiger partial charge in [-0.1, -0.05) is 0 Å². The van der Waals surface area contributed by atoms with Gasteiger partial charge in [0, 0.05) is 17.8 Å². The van der Waals surface area contributed by atoms with Gasteiger partial charge in [-0.15, -0.1) is 0 Å². The van der Waals surface area contributed by atoms with Crippen LogP contribution >= 0.6 is 0 Å². The molecule has 1 rings (SSSR count). The topological polar surface area (TPSA) is 29.9 Å². The number of aryl methyl sites for hydroxylation is 1. The summed E-state index contributed by atoms with van der Waals surface area (Å²) < 4.78 is 13.5. The number of hydrogen-bond acceptors (Lipinski definition) is 2. The molecule has 0 amide bonds. The maximum atomic E-state index is 11.9. The minimum atomic E-state index is -0.378. The van der Waals surface area contributed by atoms with Crippen LogP contribution in [-0.4, -0.2) is 22.0 Å². The number of nitrogens with one attached hydrogen (secondary N) is 1. The van der Waals surface area contributed by atoms with E-state index in [1.54, 1.807) is 10.9 Å². The molecular weight excluding hydrogens is 169 g/mol. The van der Waals surface area contributed by atoms with Crippen molar-refractivity contribution in [2.45, 2.75) is 32.9 Å². The zero-order valence-electron chi connectivity index (χ0n) is 8.34. The Labute approximate surface area is 77.9 Å². The lowest BCUT2D eigenvalue weighted by atomic mass is 10.1. The van der Waals surface area contributed by atoms with E-state index in [9.17, 15) is 4.39 Å². The lowest BCUT2D eigenvalue weighted by Crippen LogP contribution is -2.26. The average Bonchev–Trinajstić information content (AvgIpc) is 2.33. The van der Waals surface area contributed by atoms with Gasteiger partial charge in [0.25, 0.3) is 0 Å². The predicted octanol–water partition coefficient (Wildman–Crippen LogP) is 2.06. The van der Waals surface area contributed by atoms with Gasteiger partial charge >= 0.3 is 0 Å². The maximum Gasteiger partial charge on any atom is 0.148 e. The van der Waals surface area contributed by atoms with Crippen LogP contribution in [0.3, 0.4) is 0 Å². The highest BCUT2D eigenvalue weighted by Gasteiger charge is 2.10. The molecule has 1 heterocycles. The average molecular weight is 185 g/mol. The summed E-state index contributed by atoms with van der Waals surface area (Å²) in [5.41, 5.74) is -0.00506. The zero-order chi connectivity index (χ0) is 9.90. The number of aromatic nitrogens is 2. The van der Waals surface area contributed by atoms with Crippen LogP contribution in [0.15, 0.2) is 12.3 Å². The molecule has 13 heavy (non-hydrogen) atoms. The molecule has 4 heteroatoms. The van der Waals surface area contributed by atoms with Crippen LogP contribution in [0.1, 0.15) is 20.8 Å². The van der Waals surface area contributed by atoms with Crippen molar-refractivity contribution in [2.24, 2.45) is 0 Å². The first-order chi connectivity index (χ1) is 6.01. The molecule has 0 aliphatic carbocycles. The molecule has 0 atom stereocenters. The van der Waals surface area contributed by atoms with Gasteiger partial charge in [0.2, 0.25) is 0 Å². The fraction of sp³-hybridized carbons (Fsp3) is 0.667. The molecule has 0 saturated carbocycles. The summed E-state index contributed by atoms with van der Waals surface area (Å²) in [4.78, 5) is 0. The third-order valence-corrected chi connectivity index (χ3v) is 1.46. The largest absolute Gasteiger partial charge is 0.364 e. The van der Waals surface area contributed by atoms with E-state index in [0.29, 0.717) is 6.54 Å². The normalized spacial score (nSPS) is 11.7. The van der Waals surface area contributed by atoms with Gasteiger partial charge < -0.3 is 5.32 Å². The number of alkyl halides is 1. The second-order valence-electron chi connectivity index (χ2n) is 4.03. The molecule has 0 fully saturated rings. The van der Waals surface area contributed by atoms with Gasteiger partial charge in [-0.05, 0) is 20.8 Å². The minimum Gasteiger partial charge on any atom is -0.364 e. The Balaban J connectivity index is 2.59. The molecule has 1 aromatic rings. The number of halogens is 1. The second kappa shape index (κ2) is 3.77. The van der Waals surface area contributed by atoms with Crippen LogP contribution < -0.4 is 5.32 Å². The Kier molecular flexibility index (Phi) is 2.90. The lowest BCUT2D eigenvalue weighted by Gasteiger charge is -2.19. The Morgan fingerprint density at radius 1 is 1.54 bits per heavy atom. The van der Waals surface area contributed by atoms with Gasteiger partial charge in [-0.2, -0.15) is 5.10 Å². The fourth-order valence-corrected chi connectivity index (χ4v) is 1.02. The van der Waals surface area contributed by atoms with Crippen molar-refractivity contribution in [3.63, 3.8) is 0 Å². The summed E-state index contributed by atoms with van der Waals surface area (Å²) in [6.07, 6.45) is 1.77. The quantitative estimate of drug-likeness (QED) is 0.781. The van der Waals surface area contributed by atoms with E-state index in [-0.39, 0.29) is 12.2 Å². The Morgan fingerprint density at radius 3 is 2.77 bits per heavy atom. The van der Waals surface area contributed by atoms with Crippen LogP contribution in [0.4, 0.5) is 10.2 Å². The maximum absolute atomic E-state index is 11.9. The molecule has 0 radical (unpaired) electrons. The van der Waals surface area contributed by atoms with E-state index in [1.807, 2.05) is 6.07 Å². The van der Waals surface area contributed by atoms with Crippen molar-refractivity contribution < 1.29 is 4.39 Å². The minimum absolute atomic E-state index is 0.00506. The highest BCUT2D eigenvalue weighted by Crippen LogP contribution is 2.11. The van der Waals surface area contributed by atoms with Crippen molar-refractivity contribution in [3.8, 4) is 0 Å². The van der Waals surface area contributed by atoms with E-state index in [1.165, 1.54) is 0 Å². The van der Waals surface area contributed by atoms with Crippen molar-refractivity contribution in [1.82, 2.24) is 9.78 Å². The summed E-state index contributed by atoms with van der Waals surface area (Å²) in [5.74, 6) is 0.793. The Morgan fingerprint density at radius 2 is 2.23 bits per heavy atom. The second-order valence-corrected chi connectivity index (χ2v) is 4.03. The fourth-order valence-electron chi connectivity index (χ4n) is 1.02. The predicted molar refractivity (Wildman–Crippen MR) is 51.6 cm³/mol. The standard InChI is InChI=1S/C9H16FN3/c1-9(2,3)11-8-4-6-13(12-8)7-5-10/h4,6H,5,7H2,1-3H3,(H,11,12). The van der Waals surface area contributed by atoms with E-state index in [2.05, 4.69) is 31.2 Å². The molecule has 0 spiro atoms. The number of nitrogens with zero attached hydrogens (tertiary/aromatic N) is 2. The van der Waals surface area contributed by atoms with E-state index in [0.717, 1.165) is 5.82 Å². The van der Waals surface area contributed by atoms with Gasteiger partial charge in [0.1, 0.15) is 12.5 Å². The van der Waals surface area contributed by atoms with Crippen LogP contribution in [0.5, 0.6) is 0 Å². The first-order valence-corrected chi connectivity index (χ1v) is 4.39. The molecule has 0 aliphatic heterocycles. The zero-order valence-corrected chi connectivity index (χ0v) is 8.34. The van der Waals surface area contributed by atoms with Crippen molar-refractivity contribution in [2.75, 3.05) is 12.0 Å². The first kappa shape index (κ1) is 10.0. The SMILES string of the molecule is CC(C)(C)Nc1ccn(CCF)n1. The van der Waals surface area contributed by atoms with Crippen LogP contribution in [0.2, 0.25) is 0 Å². The third kappa shape index (κ3) is 3.44. The smallest absolute Gasteiger partial charge is 0.148 e. The third-order valence-electron chi connectivity index (χ3n) is 1.46. The van der Waals surface area contributed by atoms with Gasteiger partial charge in [-0.3, -0.25) is 4.68 Å². The Hall–Kier alpha value is -1.06. The molecule has 3 nitrogen and oxygen atoms in total. The van der Waals surface area contributed by atoms with Gasteiger partial charge in [0.05, 0.1) is 6.54 Å². The Bertz CT molecular complexity index is 262. The highest BCUT2D eigenvalue weighted by atomic mass is 19.1. The molecule has 1 aromatic heterocycles. The van der Waals surface area contributed by atoms with Crippen LogP contribution in [0, 0.1) is 0 Å². The van der Waals surface area contributed by atoms with Gasteiger partial charge in [-0.25, -0.2) is 4.39 Å². The molecule has 0 aliphatic rings. The highest BCUT2D eigenvalue weighted by molar-refractivity contribution is 5.34. The van der Waals surface area contributed by atoms with Crippen molar-refractivity contribution in [1.29, 1.82) is 0 Å². The summed E-state index contributed by atoms with van der Waals surface area (Å²) >= 11 is 0. The van der Waals surface area contributed by atoms with Gasteiger partial charge in [0.15, 0.2) is 0 Å². The monoisotopic (exact) mass is 185 g/mol. The molecule has 1 N–H and O–H groups in total. The summed E-state index contributed by atoms with van der Waals surface area (Å²) in [5, 5.41) is 7.36. The van der Waals surface area contributed by atoms with E-state index >= 15 is 0 Å². The number of rotatable bonds is 3. The number of anilines is 1. The van der Waals surface area contributed by atoms with Crippen LogP contribution in [0.25, 0.3) is 0 Å². The summed E-state index contributed by atoms with van der Waals surface area (Å²) in [6, 6.07) is 1.85. The molecule has 0 saturated heterocycles. The van der Waals surface area contributed by atoms with E-state index in [4.69, 9.17) is 0 Å². The van der Waals surface area contributed by atoms with E-state index < -0.39 is 0 Å². The lowest BCUT2D eigenvalue weighted by molar-refractivity contribution is 0.427. The first-order valence-electron chi connectivity index (χ1n) is 4.39.